The molecule has 0 aliphatic heterocycles. The number of aromatic amines is 1. The van der Waals surface area contributed by atoms with Crippen molar-refractivity contribution in [1.82, 2.24) is 9.88 Å². The summed E-state index contributed by atoms with van der Waals surface area (Å²) in [5.41, 5.74) is 8.48. The summed E-state index contributed by atoms with van der Waals surface area (Å²) in [6.45, 7) is 0.414. The van der Waals surface area contributed by atoms with E-state index in [1.54, 1.807) is 26.2 Å². The highest BCUT2D eigenvalue weighted by molar-refractivity contribution is 9.10. The highest BCUT2D eigenvalue weighted by Crippen LogP contribution is 2.32. The van der Waals surface area contributed by atoms with Gasteiger partial charge >= 0.3 is 0 Å². The zero-order chi connectivity index (χ0) is 18.1. The highest BCUT2D eigenvalue weighted by Gasteiger charge is 2.26. The fourth-order valence-corrected chi connectivity index (χ4v) is 3.32. The molecule has 0 bridgehead atoms. The Morgan fingerprint density at radius 3 is 2.40 bits per heavy atom. The lowest BCUT2D eigenvalue weighted by Gasteiger charge is -2.11. The number of nitrogens with zero attached hydrogens (tertiary/aromatic N) is 1. The van der Waals surface area contributed by atoms with Gasteiger partial charge in [0, 0.05) is 41.6 Å². The number of hydrogen-bond acceptors (Lipinski definition) is 3. The van der Waals surface area contributed by atoms with Crippen LogP contribution in [0.5, 0.6) is 0 Å². The van der Waals surface area contributed by atoms with Gasteiger partial charge < -0.3 is 15.6 Å². The van der Waals surface area contributed by atoms with E-state index in [1.807, 2.05) is 30.3 Å². The summed E-state index contributed by atoms with van der Waals surface area (Å²) < 4.78 is 0.765. The molecule has 3 aromatic rings. The van der Waals surface area contributed by atoms with Crippen molar-refractivity contribution >= 4 is 38.5 Å². The third-order valence-corrected chi connectivity index (χ3v) is 4.73. The second-order valence-corrected chi connectivity index (χ2v) is 6.82. The molecule has 128 valence electrons. The maximum absolute atomic E-state index is 13.2. The second-order valence-electron chi connectivity index (χ2n) is 5.97. The van der Waals surface area contributed by atoms with Crippen LogP contribution in [0.1, 0.15) is 32.0 Å². The van der Waals surface area contributed by atoms with E-state index >= 15 is 0 Å². The molecule has 25 heavy (non-hydrogen) atoms. The van der Waals surface area contributed by atoms with E-state index in [1.165, 1.54) is 4.90 Å². The van der Waals surface area contributed by atoms with Crippen LogP contribution in [0.3, 0.4) is 0 Å². The Bertz CT molecular complexity index is 959. The number of hydrogen-bond donors (Lipinski definition) is 2. The zero-order valence-corrected chi connectivity index (χ0v) is 15.6. The summed E-state index contributed by atoms with van der Waals surface area (Å²) >= 11 is 3.50. The average molecular weight is 400 g/mol. The van der Waals surface area contributed by atoms with Gasteiger partial charge in [-0.05, 0) is 17.7 Å². The maximum Gasteiger partial charge on any atom is 0.270 e. The minimum absolute atomic E-state index is 0.202. The van der Waals surface area contributed by atoms with Crippen molar-refractivity contribution in [2.45, 2.75) is 6.54 Å². The van der Waals surface area contributed by atoms with Crippen LogP contribution in [0, 0.1) is 0 Å². The topological polar surface area (TPSA) is 79.2 Å². The average Bonchev–Trinajstić information content (AvgIpc) is 3.01. The van der Waals surface area contributed by atoms with Crippen molar-refractivity contribution in [3.05, 3.63) is 69.3 Å². The van der Waals surface area contributed by atoms with Crippen LogP contribution in [0.15, 0.2) is 46.9 Å². The quantitative estimate of drug-likeness (QED) is 0.660. The van der Waals surface area contributed by atoms with Gasteiger partial charge in [0.1, 0.15) is 5.69 Å². The fourth-order valence-electron chi connectivity index (χ4n) is 2.75. The number of aromatic nitrogens is 1. The normalized spacial score (nSPS) is 10.9. The number of nitrogens with one attached hydrogen (secondary N) is 1. The number of rotatable bonds is 4. The molecular weight excluding hydrogens is 382 g/mol. The molecule has 0 saturated carbocycles. The molecule has 0 aliphatic rings. The molecule has 0 radical (unpaired) electrons. The van der Waals surface area contributed by atoms with Crippen LogP contribution in [-0.2, 0) is 6.54 Å². The molecule has 1 heterocycles. The number of fused-ring (bicyclic) bond motifs is 1. The van der Waals surface area contributed by atoms with Crippen LogP contribution >= 0.6 is 15.9 Å². The molecule has 5 nitrogen and oxygen atoms in total. The lowest BCUT2D eigenvalue weighted by molar-refractivity contribution is 0.0817. The number of ketones is 1. The van der Waals surface area contributed by atoms with Crippen molar-refractivity contribution in [1.29, 1.82) is 0 Å². The SMILES string of the molecule is CN(C)C(=O)c1[nH]c2cccc(Br)c2c1C(=O)c1ccc(CN)cc1. The molecule has 1 amide bonds. The Kier molecular flexibility index (Phi) is 4.74. The van der Waals surface area contributed by atoms with E-state index in [2.05, 4.69) is 20.9 Å². The Hall–Kier alpha value is -2.44. The van der Waals surface area contributed by atoms with Gasteiger partial charge in [-0.25, -0.2) is 0 Å². The lowest BCUT2D eigenvalue weighted by Crippen LogP contribution is -2.24. The Labute approximate surface area is 153 Å². The third kappa shape index (κ3) is 3.10. The van der Waals surface area contributed by atoms with Gasteiger partial charge in [-0.3, -0.25) is 9.59 Å². The molecule has 0 unspecified atom stereocenters. The summed E-state index contributed by atoms with van der Waals surface area (Å²) in [6, 6.07) is 12.7. The molecule has 0 spiro atoms. The van der Waals surface area contributed by atoms with Gasteiger partial charge in [0.05, 0.1) is 5.56 Å². The van der Waals surface area contributed by atoms with Crippen LogP contribution in [0.4, 0.5) is 0 Å². The predicted molar refractivity (Wildman–Crippen MR) is 102 cm³/mol. The van der Waals surface area contributed by atoms with E-state index in [-0.39, 0.29) is 11.7 Å². The van der Waals surface area contributed by atoms with Gasteiger partial charge in [-0.2, -0.15) is 0 Å². The van der Waals surface area contributed by atoms with Crippen LogP contribution < -0.4 is 5.73 Å². The number of amides is 1. The van der Waals surface area contributed by atoms with Gasteiger partial charge in [0.25, 0.3) is 5.91 Å². The van der Waals surface area contributed by atoms with Crippen LogP contribution in [0.2, 0.25) is 0 Å². The standard InChI is InChI=1S/C19H18BrN3O2/c1-23(2)19(25)17-16(15-13(20)4-3-5-14(15)22-17)18(24)12-8-6-11(10-21)7-9-12/h3-9,22H,10,21H2,1-2H3. The molecule has 0 fully saturated rings. The summed E-state index contributed by atoms with van der Waals surface area (Å²) in [4.78, 5) is 30.3. The fraction of sp³-hybridized carbons (Fsp3) is 0.158. The smallest absolute Gasteiger partial charge is 0.270 e. The van der Waals surface area contributed by atoms with E-state index < -0.39 is 0 Å². The molecule has 3 N–H and O–H groups in total. The zero-order valence-electron chi connectivity index (χ0n) is 14.0. The molecule has 0 atom stereocenters. The first-order valence-electron chi connectivity index (χ1n) is 7.79. The van der Waals surface area contributed by atoms with Crippen molar-refractivity contribution < 1.29 is 9.59 Å². The number of nitrogens with two attached hydrogens (primary N) is 1. The van der Waals surface area contributed by atoms with Gasteiger partial charge in [-0.1, -0.05) is 46.3 Å². The highest BCUT2D eigenvalue weighted by atomic mass is 79.9. The molecular formula is C19H18BrN3O2. The summed E-state index contributed by atoms with van der Waals surface area (Å²) in [5.74, 6) is -0.447. The number of benzene rings is 2. The number of carbonyl (C=O) groups is 2. The summed E-state index contributed by atoms with van der Waals surface area (Å²) in [5, 5.41) is 0.709. The summed E-state index contributed by atoms with van der Waals surface area (Å²) in [6.07, 6.45) is 0. The van der Waals surface area contributed by atoms with Crippen molar-refractivity contribution in [2.75, 3.05) is 14.1 Å². The van der Waals surface area contributed by atoms with Crippen molar-refractivity contribution in [2.24, 2.45) is 5.73 Å². The number of halogens is 1. The Balaban J connectivity index is 2.23. The molecule has 0 saturated heterocycles. The van der Waals surface area contributed by atoms with Crippen molar-refractivity contribution in [3.8, 4) is 0 Å². The molecule has 1 aromatic heterocycles. The first kappa shape index (κ1) is 17.4. The van der Waals surface area contributed by atoms with Crippen LogP contribution in [-0.4, -0.2) is 35.7 Å². The number of H-pyrrole nitrogens is 1. The van der Waals surface area contributed by atoms with E-state index in [0.29, 0.717) is 28.8 Å². The number of carbonyl (C=O) groups excluding carboxylic acids is 2. The summed E-state index contributed by atoms with van der Waals surface area (Å²) in [7, 11) is 3.32. The first-order valence-corrected chi connectivity index (χ1v) is 8.59. The Morgan fingerprint density at radius 1 is 1.12 bits per heavy atom. The van der Waals surface area contributed by atoms with Gasteiger partial charge in [0.2, 0.25) is 0 Å². The first-order chi connectivity index (χ1) is 11.9. The monoisotopic (exact) mass is 399 g/mol. The van der Waals surface area contributed by atoms with Gasteiger partial charge in [-0.15, -0.1) is 0 Å². The molecule has 0 aliphatic carbocycles. The molecule has 2 aromatic carbocycles. The van der Waals surface area contributed by atoms with E-state index in [4.69, 9.17) is 5.73 Å². The predicted octanol–water partition coefficient (Wildman–Crippen LogP) is 3.32. The maximum atomic E-state index is 13.2. The van der Waals surface area contributed by atoms with E-state index in [9.17, 15) is 9.59 Å². The minimum Gasteiger partial charge on any atom is -0.350 e. The van der Waals surface area contributed by atoms with Gasteiger partial charge in [0.15, 0.2) is 5.78 Å². The molecule has 6 heteroatoms. The second kappa shape index (κ2) is 6.82. The minimum atomic E-state index is -0.245. The lowest BCUT2D eigenvalue weighted by atomic mass is 9.98. The largest absolute Gasteiger partial charge is 0.350 e. The third-order valence-electron chi connectivity index (χ3n) is 4.07. The van der Waals surface area contributed by atoms with Crippen molar-refractivity contribution in [3.63, 3.8) is 0 Å². The van der Waals surface area contributed by atoms with Crippen LogP contribution in [0.25, 0.3) is 10.9 Å². The Morgan fingerprint density at radius 2 is 1.80 bits per heavy atom. The molecule has 3 rings (SSSR count). The van der Waals surface area contributed by atoms with E-state index in [0.717, 1.165) is 15.6 Å².